The van der Waals surface area contributed by atoms with E-state index in [2.05, 4.69) is 5.10 Å². The first kappa shape index (κ1) is 14.8. The van der Waals surface area contributed by atoms with Gasteiger partial charge in [-0.2, -0.15) is 5.10 Å². The highest BCUT2D eigenvalue weighted by molar-refractivity contribution is 5.95. The predicted octanol–water partition coefficient (Wildman–Crippen LogP) is 1.53. The molecular formula is C15H18N4O2. The Morgan fingerprint density at radius 1 is 1.43 bits per heavy atom. The third-order valence-corrected chi connectivity index (χ3v) is 3.19. The SMILES string of the molecule is CCn1nc(-c2cc(C)ccc2OC)cc(C(=N)N)c1=O. The molecule has 6 heteroatoms. The summed E-state index contributed by atoms with van der Waals surface area (Å²) in [4.78, 5) is 12.1. The van der Waals surface area contributed by atoms with E-state index in [1.54, 1.807) is 7.11 Å². The smallest absolute Gasteiger partial charge is 0.277 e. The summed E-state index contributed by atoms with van der Waals surface area (Å²) in [5, 5.41) is 11.9. The number of hydrogen-bond acceptors (Lipinski definition) is 4. The number of hydrogen-bond donors (Lipinski definition) is 2. The van der Waals surface area contributed by atoms with Crippen molar-refractivity contribution < 1.29 is 4.74 Å². The zero-order chi connectivity index (χ0) is 15.6. The minimum Gasteiger partial charge on any atom is -0.496 e. The van der Waals surface area contributed by atoms with Crippen LogP contribution in [0.15, 0.2) is 29.1 Å². The average Bonchev–Trinajstić information content (AvgIpc) is 2.47. The van der Waals surface area contributed by atoms with Gasteiger partial charge in [0.1, 0.15) is 11.6 Å². The molecule has 0 saturated heterocycles. The maximum absolute atomic E-state index is 12.1. The molecule has 0 unspecified atom stereocenters. The molecule has 0 fully saturated rings. The maximum atomic E-state index is 12.1. The molecule has 21 heavy (non-hydrogen) atoms. The van der Waals surface area contributed by atoms with E-state index >= 15 is 0 Å². The number of nitrogens with two attached hydrogens (primary N) is 1. The summed E-state index contributed by atoms with van der Waals surface area (Å²) in [6, 6.07) is 7.24. The van der Waals surface area contributed by atoms with Crippen molar-refractivity contribution in [2.75, 3.05) is 7.11 Å². The Balaban J connectivity index is 2.75. The Morgan fingerprint density at radius 2 is 2.14 bits per heavy atom. The van der Waals surface area contributed by atoms with Gasteiger partial charge in [0.15, 0.2) is 0 Å². The number of aryl methyl sites for hydroxylation is 2. The largest absolute Gasteiger partial charge is 0.496 e. The molecule has 0 bridgehead atoms. The van der Waals surface area contributed by atoms with E-state index in [0.717, 1.165) is 11.1 Å². The van der Waals surface area contributed by atoms with Crippen LogP contribution >= 0.6 is 0 Å². The van der Waals surface area contributed by atoms with E-state index in [1.165, 1.54) is 10.7 Å². The Morgan fingerprint density at radius 3 is 2.71 bits per heavy atom. The van der Waals surface area contributed by atoms with Crippen molar-refractivity contribution in [3.05, 3.63) is 45.7 Å². The molecule has 0 amide bonds. The minimum absolute atomic E-state index is 0.144. The van der Waals surface area contributed by atoms with Crippen LogP contribution in [0.3, 0.4) is 0 Å². The molecule has 1 aromatic heterocycles. The highest BCUT2D eigenvalue weighted by atomic mass is 16.5. The molecule has 0 aliphatic rings. The van der Waals surface area contributed by atoms with Crippen LogP contribution in [-0.2, 0) is 6.54 Å². The quantitative estimate of drug-likeness (QED) is 0.658. The number of benzene rings is 1. The third kappa shape index (κ3) is 2.79. The molecule has 0 saturated carbocycles. The summed E-state index contributed by atoms with van der Waals surface area (Å²) in [5.41, 5.74) is 7.65. The number of rotatable bonds is 4. The van der Waals surface area contributed by atoms with Crippen LogP contribution in [0.1, 0.15) is 18.1 Å². The van der Waals surface area contributed by atoms with Crippen LogP contribution in [0.4, 0.5) is 0 Å². The molecule has 2 aromatic rings. The van der Waals surface area contributed by atoms with Gasteiger partial charge in [0.2, 0.25) is 0 Å². The minimum atomic E-state index is -0.361. The highest BCUT2D eigenvalue weighted by Gasteiger charge is 2.14. The van der Waals surface area contributed by atoms with Crippen LogP contribution in [0.5, 0.6) is 5.75 Å². The summed E-state index contributed by atoms with van der Waals surface area (Å²) >= 11 is 0. The average molecular weight is 286 g/mol. The Hall–Kier alpha value is -2.63. The van der Waals surface area contributed by atoms with Gasteiger partial charge in [-0.05, 0) is 32.0 Å². The number of amidine groups is 1. The fourth-order valence-corrected chi connectivity index (χ4v) is 2.10. The number of nitrogens with one attached hydrogen (secondary N) is 1. The van der Waals surface area contributed by atoms with Crippen LogP contribution < -0.4 is 16.0 Å². The summed E-state index contributed by atoms with van der Waals surface area (Å²) in [7, 11) is 1.58. The molecule has 0 spiro atoms. The number of nitrogens with zero attached hydrogens (tertiary/aromatic N) is 2. The van der Waals surface area contributed by atoms with Gasteiger partial charge >= 0.3 is 0 Å². The van der Waals surface area contributed by atoms with Gasteiger partial charge in [-0.1, -0.05) is 11.6 Å². The van der Waals surface area contributed by atoms with Crippen molar-refractivity contribution >= 4 is 5.84 Å². The lowest BCUT2D eigenvalue weighted by Crippen LogP contribution is -2.31. The van der Waals surface area contributed by atoms with Gasteiger partial charge in [0, 0.05) is 12.1 Å². The van der Waals surface area contributed by atoms with Gasteiger partial charge in [-0.25, -0.2) is 4.68 Å². The first-order chi connectivity index (χ1) is 9.97. The maximum Gasteiger partial charge on any atom is 0.277 e. The molecule has 110 valence electrons. The molecule has 1 heterocycles. The van der Waals surface area contributed by atoms with Gasteiger partial charge in [-0.15, -0.1) is 0 Å². The van der Waals surface area contributed by atoms with E-state index in [-0.39, 0.29) is 17.0 Å². The summed E-state index contributed by atoms with van der Waals surface area (Å²) in [6.45, 7) is 4.18. The summed E-state index contributed by atoms with van der Waals surface area (Å²) in [6.07, 6.45) is 0. The first-order valence-electron chi connectivity index (χ1n) is 6.59. The van der Waals surface area contributed by atoms with Crippen LogP contribution in [0, 0.1) is 12.3 Å². The molecule has 0 radical (unpaired) electrons. The topological polar surface area (TPSA) is 94.0 Å². The van der Waals surface area contributed by atoms with E-state index < -0.39 is 0 Å². The van der Waals surface area contributed by atoms with Gasteiger partial charge in [0.25, 0.3) is 5.56 Å². The van der Waals surface area contributed by atoms with Crippen molar-refractivity contribution in [3.63, 3.8) is 0 Å². The molecule has 0 aliphatic carbocycles. The second-order valence-electron chi connectivity index (χ2n) is 4.68. The van der Waals surface area contributed by atoms with Crippen LogP contribution in [0.25, 0.3) is 11.3 Å². The first-order valence-corrected chi connectivity index (χ1v) is 6.59. The van der Waals surface area contributed by atoms with E-state index in [1.807, 2.05) is 32.0 Å². The molecule has 0 aliphatic heterocycles. The molecule has 3 N–H and O–H groups in total. The zero-order valence-corrected chi connectivity index (χ0v) is 12.3. The monoisotopic (exact) mass is 286 g/mol. The molecule has 6 nitrogen and oxygen atoms in total. The molecular weight excluding hydrogens is 268 g/mol. The number of aromatic nitrogens is 2. The molecule has 1 aromatic carbocycles. The van der Waals surface area contributed by atoms with Gasteiger partial charge in [-0.3, -0.25) is 10.2 Å². The van der Waals surface area contributed by atoms with Crippen molar-refractivity contribution in [2.45, 2.75) is 20.4 Å². The van der Waals surface area contributed by atoms with E-state index in [9.17, 15) is 4.79 Å². The number of nitrogen functional groups attached to an aromatic ring is 1. The summed E-state index contributed by atoms with van der Waals surface area (Å²) in [5.74, 6) is 0.390. The summed E-state index contributed by atoms with van der Waals surface area (Å²) < 4.78 is 6.65. The molecule has 0 atom stereocenters. The lowest BCUT2D eigenvalue weighted by molar-refractivity contribution is 0.416. The second kappa shape index (κ2) is 5.78. The van der Waals surface area contributed by atoms with Crippen LogP contribution in [-0.4, -0.2) is 22.7 Å². The van der Waals surface area contributed by atoms with Crippen molar-refractivity contribution in [2.24, 2.45) is 5.73 Å². The Kier molecular flexibility index (Phi) is 4.07. The lowest BCUT2D eigenvalue weighted by atomic mass is 10.1. The standard InChI is InChI=1S/C15H18N4O2/c1-4-19-15(20)11(14(16)17)8-12(18-19)10-7-9(2)5-6-13(10)21-3/h5-8H,4H2,1-3H3,(H3,16,17). The van der Waals surface area contributed by atoms with Gasteiger partial charge < -0.3 is 10.5 Å². The van der Waals surface area contributed by atoms with E-state index in [0.29, 0.717) is 18.0 Å². The van der Waals surface area contributed by atoms with Crippen molar-refractivity contribution in [3.8, 4) is 17.0 Å². The van der Waals surface area contributed by atoms with Crippen molar-refractivity contribution in [1.82, 2.24) is 9.78 Å². The lowest BCUT2D eigenvalue weighted by Gasteiger charge is -2.12. The number of ether oxygens (including phenoxy) is 1. The Bertz CT molecular complexity index is 750. The van der Waals surface area contributed by atoms with Crippen molar-refractivity contribution in [1.29, 1.82) is 5.41 Å². The second-order valence-corrected chi connectivity index (χ2v) is 4.68. The fourth-order valence-electron chi connectivity index (χ4n) is 2.10. The normalized spacial score (nSPS) is 10.4. The Labute approximate surface area is 122 Å². The number of methoxy groups -OCH3 is 1. The zero-order valence-electron chi connectivity index (χ0n) is 12.3. The van der Waals surface area contributed by atoms with Gasteiger partial charge in [0.05, 0.1) is 18.4 Å². The predicted molar refractivity (Wildman–Crippen MR) is 81.9 cm³/mol. The fraction of sp³-hybridized carbons (Fsp3) is 0.267. The highest BCUT2D eigenvalue weighted by Crippen LogP contribution is 2.29. The van der Waals surface area contributed by atoms with E-state index in [4.69, 9.17) is 15.9 Å². The van der Waals surface area contributed by atoms with Crippen LogP contribution in [0.2, 0.25) is 0 Å². The molecule has 2 rings (SSSR count). The third-order valence-electron chi connectivity index (χ3n) is 3.19.